The molecule has 5 nitrogen and oxygen atoms in total. The van der Waals surface area contributed by atoms with Crippen LogP contribution in [0.25, 0.3) is 0 Å². The van der Waals surface area contributed by atoms with Crippen LogP contribution in [-0.2, 0) is 15.7 Å². The second-order valence-corrected chi connectivity index (χ2v) is 6.66. The van der Waals surface area contributed by atoms with Gasteiger partial charge in [0.25, 0.3) is 0 Å². The molecule has 0 aromatic heterocycles. The number of ether oxygens (including phenoxy) is 1. The molecule has 1 aromatic carbocycles. The quantitative estimate of drug-likeness (QED) is 0.878. The fourth-order valence-corrected chi connectivity index (χ4v) is 3.35. The number of carbonyl (C=O) groups excluding carboxylic acids is 1. The van der Waals surface area contributed by atoms with Gasteiger partial charge in [-0.3, -0.25) is 9.69 Å². The monoisotopic (exact) mass is 371 g/mol. The number of nitrogens with one attached hydrogen (secondary N) is 1. The van der Waals surface area contributed by atoms with Crippen molar-refractivity contribution >= 4 is 5.91 Å². The highest BCUT2D eigenvalue weighted by molar-refractivity contribution is 5.76. The van der Waals surface area contributed by atoms with Crippen molar-refractivity contribution in [1.29, 1.82) is 0 Å². The Hall–Kier alpha value is -1.64. The van der Waals surface area contributed by atoms with Gasteiger partial charge in [-0.25, -0.2) is 0 Å². The SMILES string of the molecule is O=C(CCN1CCOC(c2cccc(C(F)(F)F)c2)C1)N1CCNCC1. The molecule has 1 aromatic rings. The number of piperazine rings is 1. The highest BCUT2D eigenvalue weighted by atomic mass is 19.4. The number of amides is 1. The summed E-state index contributed by atoms with van der Waals surface area (Å²) in [6.45, 7) is 5.33. The van der Waals surface area contributed by atoms with Crippen molar-refractivity contribution in [1.82, 2.24) is 15.1 Å². The summed E-state index contributed by atoms with van der Waals surface area (Å²) in [5, 5.41) is 3.21. The van der Waals surface area contributed by atoms with Crippen molar-refractivity contribution in [3.8, 4) is 0 Å². The molecule has 1 N–H and O–H groups in total. The van der Waals surface area contributed by atoms with Crippen molar-refractivity contribution in [2.45, 2.75) is 18.7 Å². The zero-order valence-corrected chi connectivity index (χ0v) is 14.6. The standard InChI is InChI=1S/C18H24F3N3O2/c19-18(20,21)15-3-1-2-14(12-15)16-13-23(10-11-26-16)7-4-17(25)24-8-5-22-6-9-24/h1-3,12,16,22H,4-11,13H2. The van der Waals surface area contributed by atoms with E-state index in [4.69, 9.17) is 4.74 Å². The topological polar surface area (TPSA) is 44.8 Å². The molecule has 1 amide bonds. The van der Waals surface area contributed by atoms with Crippen molar-refractivity contribution < 1.29 is 22.7 Å². The zero-order chi connectivity index (χ0) is 18.6. The Balaban J connectivity index is 1.55. The third-order valence-corrected chi connectivity index (χ3v) is 4.85. The van der Waals surface area contributed by atoms with E-state index in [-0.39, 0.29) is 5.91 Å². The number of alkyl halides is 3. The fourth-order valence-electron chi connectivity index (χ4n) is 3.35. The molecule has 26 heavy (non-hydrogen) atoms. The minimum atomic E-state index is -4.36. The van der Waals surface area contributed by atoms with E-state index < -0.39 is 17.8 Å². The van der Waals surface area contributed by atoms with Gasteiger partial charge < -0.3 is 15.0 Å². The summed E-state index contributed by atoms with van der Waals surface area (Å²) in [6, 6.07) is 5.29. The van der Waals surface area contributed by atoms with Gasteiger partial charge in [0.2, 0.25) is 5.91 Å². The first-order valence-corrected chi connectivity index (χ1v) is 8.93. The van der Waals surface area contributed by atoms with E-state index in [1.807, 2.05) is 4.90 Å². The molecule has 0 bridgehead atoms. The maximum atomic E-state index is 12.9. The fraction of sp³-hybridized carbons (Fsp3) is 0.611. The van der Waals surface area contributed by atoms with Gasteiger partial charge in [0.05, 0.1) is 18.3 Å². The molecule has 2 heterocycles. The minimum absolute atomic E-state index is 0.133. The first kappa shape index (κ1) is 19.1. The number of morpholine rings is 1. The predicted octanol–water partition coefficient (Wildman–Crippen LogP) is 1.90. The second kappa shape index (κ2) is 8.37. The van der Waals surface area contributed by atoms with Crippen LogP contribution in [0, 0.1) is 0 Å². The summed E-state index contributed by atoms with van der Waals surface area (Å²) in [7, 11) is 0. The first-order valence-electron chi connectivity index (χ1n) is 8.93. The van der Waals surface area contributed by atoms with Crippen molar-refractivity contribution in [2.75, 3.05) is 52.4 Å². The number of nitrogens with zero attached hydrogens (tertiary/aromatic N) is 2. The molecule has 0 spiro atoms. The van der Waals surface area contributed by atoms with Gasteiger partial charge in [-0.2, -0.15) is 13.2 Å². The van der Waals surface area contributed by atoms with Crippen LogP contribution < -0.4 is 5.32 Å². The highest BCUT2D eigenvalue weighted by Gasteiger charge is 2.32. The first-order chi connectivity index (χ1) is 12.4. The van der Waals surface area contributed by atoms with Crippen molar-refractivity contribution in [3.05, 3.63) is 35.4 Å². The lowest BCUT2D eigenvalue weighted by atomic mass is 10.0. The third kappa shape index (κ3) is 4.96. The number of rotatable bonds is 4. The van der Waals surface area contributed by atoms with Crippen LogP contribution in [0.4, 0.5) is 13.2 Å². The molecule has 3 rings (SSSR count). The number of halogens is 3. The van der Waals surface area contributed by atoms with E-state index in [1.165, 1.54) is 6.07 Å². The lowest BCUT2D eigenvalue weighted by molar-refractivity contribution is -0.138. The van der Waals surface area contributed by atoms with E-state index >= 15 is 0 Å². The van der Waals surface area contributed by atoms with Crippen molar-refractivity contribution in [3.63, 3.8) is 0 Å². The molecule has 2 aliphatic heterocycles. The van der Waals surface area contributed by atoms with E-state index in [0.717, 1.165) is 38.3 Å². The smallest absolute Gasteiger partial charge is 0.371 e. The maximum absolute atomic E-state index is 12.9. The van der Waals surface area contributed by atoms with Gasteiger partial charge in [0, 0.05) is 52.2 Å². The van der Waals surface area contributed by atoms with Crippen LogP contribution in [0.1, 0.15) is 23.7 Å². The molecule has 1 atom stereocenters. The molecule has 144 valence electrons. The van der Waals surface area contributed by atoms with Gasteiger partial charge in [0.15, 0.2) is 0 Å². The summed E-state index contributed by atoms with van der Waals surface area (Å²) in [5.41, 5.74) is -0.137. The molecule has 2 saturated heterocycles. The Morgan fingerprint density at radius 1 is 1.23 bits per heavy atom. The van der Waals surface area contributed by atoms with Gasteiger partial charge in [-0.05, 0) is 17.7 Å². The van der Waals surface area contributed by atoms with Crippen LogP contribution in [0.15, 0.2) is 24.3 Å². The highest BCUT2D eigenvalue weighted by Crippen LogP contribution is 2.32. The Morgan fingerprint density at radius 2 is 2.00 bits per heavy atom. The molecular weight excluding hydrogens is 347 g/mol. The van der Waals surface area contributed by atoms with Gasteiger partial charge >= 0.3 is 6.18 Å². The summed E-state index contributed by atoms with van der Waals surface area (Å²) >= 11 is 0. The summed E-state index contributed by atoms with van der Waals surface area (Å²) in [5.74, 6) is 0.133. The minimum Gasteiger partial charge on any atom is -0.371 e. The summed E-state index contributed by atoms with van der Waals surface area (Å²) in [4.78, 5) is 16.2. The van der Waals surface area contributed by atoms with Crippen LogP contribution >= 0.6 is 0 Å². The van der Waals surface area contributed by atoms with E-state index in [9.17, 15) is 18.0 Å². The molecule has 1 unspecified atom stereocenters. The molecule has 2 aliphatic rings. The number of carbonyl (C=O) groups is 1. The van der Waals surface area contributed by atoms with E-state index in [0.29, 0.717) is 38.2 Å². The van der Waals surface area contributed by atoms with Crippen LogP contribution in [0.5, 0.6) is 0 Å². The Bertz CT molecular complexity index is 618. The van der Waals surface area contributed by atoms with Crippen molar-refractivity contribution in [2.24, 2.45) is 0 Å². The van der Waals surface area contributed by atoms with Crippen LogP contribution in [0.3, 0.4) is 0 Å². The second-order valence-electron chi connectivity index (χ2n) is 6.66. The van der Waals surface area contributed by atoms with Crippen LogP contribution in [0.2, 0.25) is 0 Å². The molecule has 8 heteroatoms. The molecule has 0 saturated carbocycles. The average molecular weight is 371 g/mol. The molecule has 0 radical (unpaired) electrons. The van der Waals surface area contributed by atoms with Gasteiger partial charge in [-0.1, -0.05) is 12.1 Å². The van der Waals surface area contributed by atoms with E-state index in [2.05, 4.69) is 10.2 Å². The third-order valence-electron chi connectivity index (χ3n) is 4.85. The predicted molar refractivity (Wildman–Crippen MR) is 90.6 cm³/mol. The average Bonchev–Trinajstić information content (AvgIpc) is 2.66. The van der Waals surface area contributed by atoms with Gasteiger partial charge in [-0.15, -0.1) is 0 Å². The normalized spacial score (nSPS) is 22.4. The zero-order valence-electron chi connectivity index (χ0n) is 14.6. The Labute approximate surface area is 151 Å². The number of hydrogen-bond acceptors (Lipinski definition) is 4. The maximum Gasteiger partial charge on any atom is 0.416 e. The lowest BCUT2D eigenvalue weighted by Gasteiger charge is -2.34. The summed E-state index contributed by atoms with van der Waals surface area (Å²) in [6.07, 6.45) is -4.34. The largest absolute Gasteiger partial charge is 0.416 e. The lowest BCUT2D eigenvalue weighted by Crippen LogP contribution is -2.47. The Kier molecular flexibility index (Phi) is 6.16. The Morgan fingerprint density at radius 3 is 2.73 bits per heavy atom. The van der Waals surface area contributed by atoms with Gasteiger partial charge in [0.1, 0.15) is 0 Å². The molecular formula is C18H24F3N3O2. The summed E-state index contributed by atoms with van der Waals surface area (Å²) < 4.78 is 44.4. The van der Waals surface area contributed by atoms with E-state index in [1.54, 1.807) is 6.07 Å². The molecule has 0 aliphatic carbocycles. The molecule has 2 fully saturated rings. The number of benzene rings is 1. The number of hydrogen-bond donors (Lipinski definition) is 1. The van der Waals surface area contributed by atoms with Crippen LogP contribution in [-0.4, -0.2) is 68.1 Å².